The lowest BCUT2D eigenvalue weighted by Gasteiger charge is -2.34. The highest BCUT2D eigenvalue weighted by atomic mass is 16.5. The second kappa shape index (κ2) is 7.86. The zero-order valence-corrected chi connectivity index (χ0v) is 15.7. The van der Waals surface area contributed by atoms with Gasteiger partial charge in [0.05, 0.1) is 13.1 Å². The van der Waals surface area contributed by atoms with Crippen molar-refractivity contribution in [2.45, 2.75) is 38.5 Å². The first-order valence-electron chi connectivity index (χ1n) is 9.65. The molecule has 1 aromatic heterocycles. The molecule has 0 aliphatic carbocycles. The Morgan fingerprint density at radius 2 is 1.93 bits per heavy atom. The predicted molar refractivity (Wildman–Crippen MR) is 105 cm³/mol. The second-order valence-corrected chi connectivity index (χ2v) is 7.32. The van der Waals surface area contributed by atoms with E-state index < -0.39 is 0 Å². The topological polar surface area (TPSA) is 57.7 Å². The summed E-state index contributed by atoms with van der Waals surface area (Å²) in [7, 11) is 0. The molecule has 2 amide bonds. The van der Waals surface area contributed by atoms with E-state index in [9.17, 15) is 4.79 Å². The van der Waals surface area contributed by atoms with E-state index in [0.29, 0.717) is 13.1 Å². The lowest BCUT2D eigenvalue weighted by atomic mass is 10.1. The summed E-state index contributed by atoms with van der Waals surface area (Å²) >= 11 is 0. The molecule has 3 heterocycles. The first-order chi connectivity index (χ1) is 13.2. The molecule has 1 saturated heterocycles. The molecule has 1 aromatic carbocycles. The van der Waals surface area contributed by atoms with Crippen molar-refractivity contribution in [1.29, 1.82) is 0 Å². The third kappa shape index (κ3) is 4.15. The summed E-state index contributed by atoms with van der Waals surface area (Å²) in [6.07, 6.45) is 3.66. The molecule has 6 nitrogen and oxygen atoms in total. The lowest BCUT2D eigenvalue weighted by molar-refractivity contribution is 0.155. The van der Waals surface area contributed by atoms with Crippen LogP contribution in [0.5, 0.6) is 5.75 Å². The number of carbonyl (C=O) groups is 1. The zero-order valence-electron chi connectivity index (χ0n) is 15.7. The molecule has 2 aliphatic rings. The molecule has 2 aliphatic heterocycles. The number of carbonyl (C=O) groups excluding carboxylic acids is 1. The molecular formula is C21H26N4O2. The number of nitrogens with zero attached hydrogens (tertiary/aromatic N) is 3. The van der Waals surface area contributed by atoms with Crippen LogP contribution in [0.2, 0.25) is 0 Å². The molecule has 0 saturated carbocycles. The number of rotatable bonds is 2. The molecule has 1 N–H and O–H groups in total. The lowest BCUT2D eigenvalue weighted by Crippen LogP contribution is -2.50. The molecule has 4 rings (SSSR count). The third-order valence-electron chi connectivity index (χ3n) is 5.22. The van der Waals surface area contributed by atoms with Crippen LogP contribution in [0.1, 0.15) is 25.3 Å². The van der Waals surface area contributed by atoms with Crippen molar-refractivity contribution < 1.29 is 9.53 Å². The molecule has 1 atom stereocenters. The van der Waals surface area contributed by atoms with Crippen molar-refractivity contribution in [3.8, 4) is 5.75 Å². The number of para-hydroxylation sites is 1. The van der Waals surface area contributed by atoms with Crippen LogP contribution >= 0.6 is 0 Å². The maximum absolute atomic E-state index is 12.9. The van der Waals surface area contributed by atoms with Crippen molar-refractivity contribution >= 4 is 11.8 Å². The maximum Gasteiger partial charge on any atom is 0.318 e. The molecule has 0 spiro atoms. The number of nitrogens with one attached hydrogen (secondary N) is 1. The van der Waals surface area contributed by atoms with Gasteiger partial charge in [-0.1, -0.05) is 24.3 Å². The van der Waals surface area contributed by atoms with Crippen LogP contribution < -0.4 is 15.0 Å². The van der Waals surface area contributed by atoms with Gasteiger partial charge in [-0.3, -0.25) is 0 Å². The van der Waals surface area contributed by atoms with E-state index in [1.54, 1.807) is 0 Å². The molecule has 0 radical (unpaired) electrons. The predicted octanol–water partition coefficient (Wildman–Crippen LogP) is 3.04. The van der Waals surface area contributed by atoms with Crippen LogP contribution in [0.4, 0.5) is 10.6 Å². The van der Waals surface area contributed by atoms with Gasteiger partial charge >= 0.3 is 6.03 Å². The van der Waals surface area contributed by atoms with E-state index >= 15 is 0 Å². The monoisotopic (exact) mass is 366 g/mol. The molecule has 6 heteroatoms. The Bertz CT molecular complexity index is 775. The van der Waals surface area contributed by atoms with Crippen LogP contribution in [-0.2, 0) is 6.54 Å². The Hall–Kier alpha value is -2.76. The summed E-state index contributed by atoms with van der Waals surface area (Å²) < 4.78 is 5.95. The van der Waals surface area contributed by atoms with Gasteiger partial charge in [-0.05, 0) is 38.0 Å². The van der Waals surface area contributed by atoms with Gasteiger partial charge in [0.1, 0.15) is 17.7 Å². The van der Waals surface area contributed by atoms with E-state index in [1.165, 1.54) is 0 Å². The standard InChI is InChI=1S/C21H26N4O2/c1-16-14-25(15-17-6-2-3-7-19(17)27-16)21(26)23-18-9-12-24(13-10-18)20-8-4-5-11-22-20/h2-8,11,16,18H,9-10,12-15H2,1H3,(H,23,26). The van der Waals surface area contributed by atoms with E-state index in [4.69, 9.17) is 4.74 Å². The summed E-state index contributed by atoms with van der Waals surface area (Å²) in [6, 6.07) is 14.1. The maximum atomic E-state index is 12.9. The highest BCUT2D eigenvalue weighted by molar-refractivity contribution is 5.75. The number of hydrogen-bond donors (Lipinski definition) is 1. The van der Waals surface area contributed by atoms with E-state index in [2.05, 4.69) is 15.2 Å². The van der Waals surface area contributed by atoms with Crippen molar-refractivity contribution in [2.75, 3.05) is 24.5 Å². The number of benzene rings is 1. The number of anilines is 1. The number of pyridine rings is 1. The number of fused-ring (bicyclic) bond motifs is 1. The van der Waals surface area contributed by atoms with Crippen LogP contribution in [-0.4, -0.2) is 47.7 Å². The summed E-state index contributed by atoms with van der Waals surface area (Å²) in [5.74, 6) is 1.89. The summed E-state index contributed by atoms with van der Waals surface area (Å²) in [4.78, 5) is 21.4. The van der Waals surface area contributed by atoms with Crippen molar-refractivity contribution in [2.24, 2.45) is 0 Å². The van der Waals surface area contributed by atoms with Crippen LogP contribution in [0.25, 0.3) is 0 Å². The van der Waals surface area contributed by atoms with Gasteiger partial charge < -0.3 is 19.9 Å². The minimum Gasteiger partial charge on any atom is -0.489 e. The minimum absolute atomic E-state index is 0.00145. The first-order valence-corrected chi connectivity index (χ1v) is 9.65. The highest BCUT2D eigenvalue weighted by Gasteiger charge is 2.27. The van der Waals surface area contributed by atoms with E-state index in [-0.39, 0.29) is 18.2 Å². The van der Waals surface area contributed by atoms with Crippen molar-refractivity contribution in [3.05, 3.63) is 54.2 Å². The Labute approximate surface area is 160 Å². The fraction of sp³-hybridized carbons (Fsp3) is 0.429. The number of ether oxygens (including phenoxy) is 1. The number of amides is 2. The van der Waals surface area contributed by atoms with Crippen molar-refractivity contribution in [3.63, 3.8) is 0 Å². The highest BCUT2D eigenvalue weighted by Crippen LogP contribution is 2.25. The summed E-state index contributed by atoms with van der Waals surface area (Å²) in [6.45, 7) is 4.99. The average molecular weight is 366 g/mol. The van der Waals surface area contributed by atoms with Gasteiger partial charge in [0, 0.05) is 30.9 Å². The molecular weight excluding hydrogens is 340 g/mol. The van der Waals surface area contributed by atoms with Gasteiger partial charge in [-0.25, -0.2) is 9.78 Å². The fourth-order valence-corrected chi connectivity index (χ4v) is 3.80. The van der Waals surface area contributed by atoms with Gasteiger partial charge in [0.25, 0.3) is 0 Å². The van der Waals surface area contributed by atoms with Crippen LogP contribution in [0.3, 0.4) is 0 Å². The van der Waals surface area contributed by atoms with E-state index in [1.807, 2.05) is 60.5 Å². The van der Waals surface area contributed by atoms with Gasteiger partial charge in [-0.15, -0.1) is 0 Å². The first kappa shape index (κ1) is 17.6. The molecule has 142 valence electrons. The quantitative estimate of drug-likeness (QED) is 0.888. The van der Waals surface area contributed by atoms with Gasteiger partial charge in [0.2, 0.25) is 0 Å². The van der Waals surface area contributed by atoms with Crippen molar-refractivity contribution in [1.82, 2.24) is 15.2 Å². The molecule has 0 bridgehead atoms. The SMILES string of the molecule is CC1CN(C(=O)NC2CCN(c3ccccn3)CC2)Cc2ccccc2O1. The molecule has 27 heavy (non-hydrogen) atoms. The molecule has 1 fully saturated rings. The molecule has 2 aromatic rings. The normalized spacial score (nSPS) is 20.4. The van der Waals surface area contributed by atoms with Crippen LogP contribution in [0.15, 0.2) is 48.7 Å². The Balaban J connectivity index is 1.34. The second-order valence-electron chi connectivity index (χ2n) is 7.32. The number of piperidine rings is 1. The van der Waals surface area contributed by atoms with Gasteiger partial charge in [-0.2, -0.15) is 0 Å². The smallest absolute Gasteiger partial charge is 0.318 e. The zero-order chi connectivity index (χ0) is 18.6. The Morgan fingerprint density at radius 1 is 1.15 bits per heavy atom. The largest absolute Gasteiger partial charge is 0.489 e. The average Bonchev–Trinajstić information content (AvgIpc) is 2.87. The summed E-state index contributed by atoms with van der Waals surface area (Å²) in [5.41, 5.74) is 1.06. The minimum atomic E-state index is -0.0228. The third-order valence-corrected chi connectivity index (χ3v) is 5.22. The Kier molecular flexibility index (Phi) is 5.14. The Morgan fingerprint density at radius 3 is 2.70 bits per heavy atom. The number of aromatic nitrogens is 1. The number of hydrogen-bond acceptors (Lipinski definition) is 4. The summed E-state index contributed by atoms with van der Waals surface area (Å²) in [5, 5.41) is 3.22. The van der Waals surface area contributed by atoms with E-state index in [0.717, 1.165) is 43.1 Å². The van der Waals surface area contributed by atoms with Gasteiger partial charge in [0.15, 0.2) is 0 Å². The van der Waals surface area contributed by atoms with Crippen LogP contribution in [0, 0.1) is 0 Å². The fourth-order valence-electron chi connectivity index (χ4n) is 3.80. The molecule has 1 unspecified atom stereocenters. The number of urea groups is 1.